The fraction of sp³-hybridized carbons (Fsp3) is 0.0833. The second-order valence-electron chi connectivity index (χ2n) is 3.44. The molecular weight excluding hydrogens is 238 g/mol. The van der Waals surface area contributed by atoms with E-state index < -0.39 is 0 Å². The molecule has 0 bridgehead atoms. The van der Waals surface area contributed by atoms with Gasteiger partial charge in [-0.1, -0.05) is 18.2 Å². The number of aromatic nitrogens is 1. The first-order valence-electron chi connectivity index (χ1n) is 4.90. The summed E-state index contributed by atoms with van der Waals surface area (Å²) in [6.07, 6.45) is 1.74. The van der Waals surface area contributed by atoms with Crippen molar-refractivity contribution in [2.75, 3.05) is 0 Å². The van der Waals surface area contributed by atoms with Gasteiger partial charge < -0.3 is 5.11 Å². The summed E-state index contributed by atoms with van der Waals surface area (Å²) in [6, 6.07) is 8.31. The Morgan fingerprint density at radius 3 is 2.94 bits per heavy atom. The predicted molar refractivity (Wildman–Crippen MR) is 68.9 cm³/mol. The summed E-state index contributed by atoms with van der Waals surface area (Å²) in [7, 11) is 0. The van der Waals surface area contributed by atoms with E-state index in [1.807, 2.05) is 12.1 Å². The Kier molecular flexibility index (Phi) is 2.47. The number of aliphatic hydroxyl groups excluding tert-OH is 1. The molecule has 0 aliphatic heterocycles. The molecule has 2 aromatic heterocycles. The molecular formula is C12H9NOS2. The van der Waals surface area contributed by atoms with Crippen LogP contribution in [-0.4, -0.2) is 10.1 Å². The summed E-state index contributed by atoms with van der Waals surface area (Å²) >= 11 is 3.28. The predicted octanol–water partition coefficient (Wildman–Crippen LogP) is 3.52. The van der Waals surface area contributed by atoms with Gasteiger partial charge in [-0.3, -0.25) is 0 Å². The van der Waals surface area contributed by atoms with Crippen LogP contribution < -0.4 is 0 Å². The molecule has 0 spiro atoms. The third-order valence-electron chi connectivity index (χ3n) is 2.42. The first-order valence-corrected chi connectivity index (χ1v) is 6.60. The second kappa shape index (κ2) is 3.97. The maximum Gasteiger partial charge on any atom is 0.125 e. The number of hydrogen-bond acceptors (Lipinski definition) is 4. The van der Waals surface area contributed by atoms with E-state index in [1.54, 1.807) is 28.9 Å². The maximum atomic E-state index is 9.03. The smallest absolute Gasteiger partial charge is 0.125 e. The third kappa shape index (κ3) is 1.55. The summed E-state index contributed by atoms with van der Waals surface area (Å²) in [6.45, 7) is 0.0692. The van der Waals surface area contributed by atoms with Crippen LogP contribution in [-0.2, 0) is 6.61 Å². The Bertz CT molecular complexity index is 627. The van der Waals surface area contributed by atoms with Crippen molar-refractivity contribution >= 4 is 32.8 Å². The van der Waals surface area contributed by atoms with Crippen molar-refractivity contribution in [3.05, 3.63) is 40.7 Å². The summed E-state index contributed by atoms with van der Waals surface area (Å²) in [5.74, 6) is 0. The van der Waals surface area contributed by atoms with Gasteiger partial charge in [0.2, 0.25) is 0 Å². The van der Waals surface area contributed by atoms with Gasteiger partial charge in [0, 0.05) is 27.2 Å². The highest BCUT2D eigenvalue weighted by Gasteiger charge is 2.09. The Hall–Kier alpha value is -1.23. The number of thiazole rings is 1. The summed E-state index contributed by atoms with van der Waals surface area (Å²) in [5.41, 5.74) is 1.17. The van der Waals surface area contributed by atoms with E-state index in [2.05, 4.69) is 22.5 Å². The average Bonchev–Trinajstić information content (AvgIpc) is 2.94. The first-order chi connectivity index (χ1) is 7.88. The van der Waals surface area contributed by atoms with Crippen molar-refractivity contribution < 1.29 is 5.11 Å². The number of aliphatic hydroxyl groups is 1. The van der Waals surface area contributed by atoms with Gasteiger partial charge in [0.1, 0.15) is 5.01 Å². The number of hydrogen-bond donors (Lipinski definition) is 1. The minimum atomic E-state index is 0.0692. The highest BCUT2D eigenvalue weighted by Crippen LogP contribution is 2.35. The number of benzene rings is 1. The molecule has 2 heterocycles. The van der Waals surface area contributed by atoms with E-state index in [-0.39, 0.29) is 6.61 Å². The van der Waals surface area contributed by atoms with Gasteiger partial charge in [0.15, 0.2) is 0 Å². The van der Waals surface area contributed by atoms with Crippen LogP contribution in [0.4, 0.5) is 0 Å². The van der Waals surface area contributed by atoms with E-state index in [1.165, 1.54) is 15.6 Å². The zero-order valence-electron chi connectivity index (χ0n) is 8.38. The molecule has 1 aromatic carbocycles. The molecule has 80 valence electrons. The molecule has 3 aromatic rings. The normalized spacial score (nSPS) is 11.1. The Morgan fingerprint density at radius 1 is 1.25 bits per heavy atom. The lowest BCUT2D eigenvalue weighted by molar-refractivity contribution is 0.285. The van der Waals surface area contributed by atoms with Crippen molar-refractivity contribution in [2.24, 2.45) is 0 Å². The fourth-order valence-electron chi connectivity index (χ4n) is 1.65. The van der Waals surface area contributed by atoms with Crippen LogP contribution in [0.1, 0.15) is 4.88 Å². The van der Waals surface area contributed by atoms with E-state index >= 15 is 0 Å². The monoisotopic (exact) mass is 247 g/mol. The van der Waals surface area contributed by atoms with Gasteiger partial charge in [-0.2, -0.15) is 0 Å². The molecule has 16 heavy (non-hydrogen) atoms. The number of nitrogens with zero attached hydrogens (tertiary/aromatic N) is 1. The van der Waals surface area contributed by atoms with Crippen LogP contribution in [0.5, 0.6) is 0 Å². The molecule has 0 fully saturated rings. The fourth-order valence-corrected chi connectivity index (χ4v) is 3.47. The molecule has 0 radical (unpaired) electrons. The van der Waals surface area contributed by atoms with Gasteiger partial charge in [-0.25, -0.2) is 4.98 Å². The van der Waals surface area contributed by atoms with Gasteiger partial charge >= 0.3 is 0 Å². The molecule has 4 heteroatoms. The van der Waals surface area contributed by atoms with Crippen molar-refractivity contribution in [3.8, 4) is 10.6 Å². The lowest BCUT2D eigenvalue weighted by Crippen LogP contribution is -1.70. The lowest BCUT2D eigenvalue weighted by atomic mass is 10.2. The maximum absolute atomic E-state index is 9.03. The average molecular weight is 247 g/mol. The molecule has 0 atom stereocenters. The highest BCUT2D eigenvalue weighted by molar-refractivity contribution is 7.19. The Morgan fingerprint density at radius 2 is 2.12 bits per heavy atom. The largest absolute Gasteiger partial charge is 0.391 e. The van der Waals surface area contributed by atoms with Crippen LogP contribution in [0.2, 0.25) is 0 Å². The van der Waals surface area contributed by atoms with Crippen molar-refractivity contribution in [3.63, 3.8) is 0 Å². The molecule has 0 aliphatic rings. The minimum Gasteiger partial charge on any atom is -0.391 e. The second-order valence-corrected chi connectivity index (χ2v) is 5.46. The van der Waals surface area contributed by atoms with E-state index in [4.69, 9.17) is 5.11 Å². The zero-order chi connectivity index (χ0) is 11.0. The van der Waals surface area contributed by atoms with Crippen molar-refractivity contribution in [1.82, 2.24) is 4.98 Å². The van der Waals surface area contributed by atoms with E-state index in [0.29, 0.717) is 0 Å². The number of thiophene rings is 1. The summed E-state index contributed by atoms with van der Waals surface area (Å²) < 4.78 is 1.28. The Balaban J connectivity index is 2.18. The molecule has 0 amide bonds. The van der Waals surface area contributed by atoms with Gasteiger partial charge in [0.25, 0.3) is 0 Å². The lowest BCUT2D eigenvalue weighted by Gasteiger charge is -1.92. The molecule has 0 aliphatic carbocycles. The first kappa shape index (κ1) is 9.96. The van der Waals surface area contributed by atoms with Crippen molar-refractivity contribution in [1.29, 1.82) is 0 Å². The summed E-state index contributed by atoms with van der Waals surface area (Å²) in [5, 5.41) is 13.4. The van der Waals surface area contributed by atoms with Crippen LogP contribution in [0.3, 0.4) is 0 Å². The van der Waals surface area contributed by atoms with Crippen LogP contribution in [0.15, 0.2) is 35.8 Å². The van der Waals surface area contributed by atoms with E-state index in [0.717, 1.165) is 9.88 Å². The molecule has 3 rings (SSSR count). The van der Waals surface area contributed by atoms with Gasteiger partial charge in [0.05, 0.1) is 11.5 Å². The SMILES string of the molecule is OCc1cnc(-c2csc3ccccc23)s1. The highest BCUT2D eigenvalue weighted by atomic mass is 32.1. The van der Waals surface area contributed by atoms with Gasteiger partial charge in [-0.15, -0.1) is 22.7 Å². The zero-order valence-corrected chi connectivity index (χ0v) is 10.0. The standard InChI is InChI=1S/C12H9NOS2/c14-6-8-5-13-12(16-8)10-7-15-11-4-2-1-3-9(10)11/h1-5,7,14H,6H2. The van der Waals surface area contributed by atoms with Crippen molar-refractivity contribution in [2.45, 2.75) is 6.61 Å². The number of rotatable bonds is 2. The van der Waals surface area contributed by atoms with Crippen LogP contribution in [0, 0.1) is 0 Å². The topological polar surface area (TPSA) is 33.1 Å². The third-order valence-corrected chi connectivity index (χ3v) is 4.40. The number of fused-ring (bicyclic) bond motifs is 1. The molecule has 0 saturated heterocycles. The van der Waals surface area contributed by atoms with Gasteiger partial charge in [-0.05, 0) is 6.07 Å². The molecule has 0 unspecified atom stereocenters. The van der Waals surface area contributed by atoms with E-state index in [9.17, 15) is 0 Å². The van der Waals surface area contributed by atoms with Crippen LogP contribution in [0.25, 0.3) is 20.7 Å². The summed E-state index contributed by atoms with van der Waals surface area (Å²) in [4.78, 5) is 5.25. The minimum absolute atomic E-state index is 0.0692. The molecule has 2 nitrogen and oxygen atoms in total. The molecule has 1 N–H and O–H groups in total. The quantitative estimate of drug-likeness (QED) is 0.751. The Labute approximate surface area is 101 Å². The molecule has 0 saturated carbocycles. The van der Waals surface area contributed by atoms with Crippen LogP contribution >= 0.6 is 22.7 Å².